The zero-order valence-electron chi connectivity index (χ0n) is 18.4. The summed E-state index contributed by atoms with van der Waals surface area (Å²) < 4.78 is 44.6. The zero-order valence-corrected chi connectivity index (χ0v) is 19.1. The molecule has 188 valence electrons. The van der Waals surface area contributed by atoms with E-state index in [-0.39, 0.29) is 34.2 Å². The van der Waals surface area contributed by atoms with Crippen molar-refractivity contribution in [2.45, 2.75) is 6.18 Å². The number of nitro groups is 1. The Bertz CT molecular complexity index is 1290. The lowest BCUT2D eigenvalue weighted by Crippen LogP contribution is -2.37. The molecule has 0 radical (unpaired) electrons. The Hall–Kier alpha value is -4.04. The van der Waals surface area contributed by atoms with Crippen LogP contribution in [-0.2, 0) is 10.9 Å². The third-order valence-electron chi connectivity index (χ3n) is 4.91. The summed E-state index contributed by atoms with van der Waals surface area (Å²) in [6.45, 7) is 1.92. The van der Waals surface area contributed by atoms with Crippen LogP contribution < -0.4 is 15.6 Å². The van der Waals surface area contributed by atoms with Gasteiger partial charge in [0.25, 0.3) is 5.69 Å². The molecule has 11 nitrogen and oxygen atoms in total. The lowest BCUT2D eigenvalue weighted by molar-refractivity contribution is -0.384. The zero-order chi connectivity index (χ0) is 25.7. The van der Waals surface area contributed by atoms with Gasteiger partial charge in [-0.15, -0.1) is 0 Å². The first-order valence-electron chi connectivity index (χ1n) is 10.4. The van der Waals surface area contributed by atoms with Gasteiger partial charge in [0.2, 0.25) is 17.8 Å². The number of halogens is 4. The second-order valence-electron chi connectivity index (χ2n) is 7.42. The highest BCUT2D eigenvalue weighted by Gasteiger charge is 2.30. The predicted molar refractivity (Wildman–Crippen MR) is 127 cm³/mol. The quantitative estimate of drug-likeness (QED) is 0.262. The molecule has 0 saturated carbocycles. The van der Waals surface area contributed by atoms with E-state index >= 15 is 0 Å². The number of alkyl halides is 3. The first-order chi connectivity index (χ1) is 17.2. The van der Waals surface area contributed by atoms with Crippen LogP contribution in [0.5, 0.6) is 0 Å². The molecule has 4 rings (SSSR count). The van der Waals surface area contributed by atoms with E-state index < -0.39 is 16.7 Å². The topological polar surface area (TPSA) is 131 Å². The maximum Gasteiger partial charge on any atom is 0.416 e. The van der Waals surface area contributed by atoms with E-state index in [4.69, 9.17) is 16.3 Å². The van der Waals surface area contributed by atoms with Crippen LogP contribution >= 0.6 is 11.6 Å². The minimum atomic E-state index is -4.51. The fourth-order valence-electron chi connectivity index (χ4n) is 3.19. The number of rotatable bonds is 7. The molecule has 2 heterocycles. The van der Waals surface area contributed by atoms with Gasteiger partial charge in [0.1, 0.15) is 5.02 Å². The van der Waals surface area contributed by atoms with Crippen molar-refractivity contribution in [3.05, 3.63) is 68.7 Å². The summed E-state index contributed by atoms with van der Waals surface area (Å²) in [6.07, 6.45) is -3.20. The lowest BCUT2D eigenvalue weighted by Gasteiger charge is -2.27. The Morgan fingerprint density at radius 1 is 1.11 bits per heavy atom. The van der Waals surface area contributed by atoms with Crippen LogP contribution in [0.4, 0.5) is 42.4 Å². The van der Waals surface area contributed by atoms with Crippen molar-refractivity contribution in [1.29, 1.82) is 0 Å². The summed E-state index contributed by atoms with van der Waals surface area (Å²) in [4.78, 5) is 25.1. The summed E-state index contributed by atoms with van der Waals surface area (Å²) in [5, 5.41) is 17.8. The van der Waals surface area contributed by atoms with Crippen molar-refractivity contribution < 1.29 is 22.8 Å². The van der Waals surface area contributed by atoms with Crippen LogP contribution in [0, 0.1) is 10.1 Å². The number of ether oxygens (including phenoxy) is 1. The van der Waals surface area contributed by atoms with Crippen molar-refractivity contribution in [2.24, 2.45) is 5.10 Å². The Kier molecular flexibility index (Phi) is 7.45. The Morgan fingerprint density at radius 3 is 2.58 bits per heavy atom. The number of nitrogens with one attached hydrogen (secondary N) is 2. The van der Waals surface area contributed by atoms with Crippen molar-refractivity contribution in [3.63, 3.8) is 0 Å². The normalized spacial score (nSPS) is 14.2. The van der Waals surface area contributed by atoms with Crippen molar-refractivity contribution in [3.8, 4) is 0 Å². The SMILES string of the molecule is O=[N+]([O-])c1cc(/C=N\Nc2nc(Nc3cccc(C(F)(F)F)c3)nc(N3CCOCC3)n2)ccc1Cl. The third kappa shape index (κ3) is 6.34. The van der Waals surface area contributed by atoms with Crippen LogP contribution in [0.15, 0.2) is 47.6 Å². The van der Waals surface area contributed by atoms with Gasteiger partial charge in [0, 0.05) is 30.4 Å². The molecule has 0 unspecified atom stereocenters. The summed E-state index contributed by atoms with van der Waals surface area (Å²) in [5.41, 5.74) is 2.05. The molecular formula is C21H18ClF3N8O3. The van der Waals surface area contributed by atoms with E-state index in [0.717, 1.165) is 12.1 Å². The molecule has 1 aliphatic rings. The monoisotopic (exact) mass is 522 g/mol. The van der Waals surface area contributed by atoms with Gasteiger partial charge in [-0.25, -0.2) is 5.43 Å². The Morgan fingerprint density at radius 2 is 1.86 bits per heavy atom. The van der Waals surface area contributed by atoms with Gasteiger partial charge < -0.3 is 15.0 Å². The predicted octanol–water partition coefficient (Wildman–Crippen LogP) is 4.48. The Labute approximate surface area is 207 Å². The van der Waals surface area contributed by atoms with Gasteiger partial charge in [-0.2, -0.15) is 33.2 Å². The molecule has 2 aromatic carbocycles. The molecule has 0 amide bonds. The molecule has 1 fully saturated rings. The maximum absolute atomic E-state index is 13.1. The number of hydrazone groups is 1. The largest absolute Gasteiger partial charge is 0.416 e. The van der Waals surface area contributed by atoms with Gasteiger partial charge in [-0.3, -0.25) is 10.1 Å². The second-order valence-corrected chi connectivity index (χ2v) is 7.83. The van der Waals surface area contributed by atoms with Crippen molar-refractivity contribution in [2.75, 3.05) is 41.9 Å². The molecule has 0 atom stereocenters. The highest BCUT2D eigenvalue weighted by molar-refractivity contribution is 6.32. The standard InChI is InChI=1S/C21H18ClF3N8O3/c22-16-5-4-13(10-17(16)33(34)35)12-26-31-19-28-18(29-20(30-19)32-6-8-36-9-7-32)27-15-3-1-2-14(11-15)21(23,24)25/h1-5,10-12H,6-9H2,(H2,27,28,29,30,31)/b26-12-. The highest BCUT2D eigenvalue weighted by atomic mass is 35.5. The molecule has 1 saturated heterocycles. The molecule has 0 bridgehead atoms. The van der Waals surface area contributed by atoms with E-state index in [9.17, 15) is 23.3 Å². The van der Waals surface area contributed by atoms with Gasteiger partial charge in [0.05, 0.1) is 29.9 Å². The number of hydrogen-bond donors (Lipinski definition) is 2. The minimum absolute atomic E-state index is 0.000631. The number of benzene rings is 2. The van der Waals surface area contributed by atoms with Crippen molar-refractivity contribution >= 4 is 47.0 Å². The summed E-state index contributed by atoms with van der Waals surface area (Å²) >= 11 is 5.82. The fraction of sp³-hybridized carbons (Fsp3) is 0.238. The van der Waals surface area contributed by atoms with Gasteiger partial charge in [0.15, 0.2) is 0 Å². The minimum Gasteiger partial charge on any atom is -0.378 e. The van der Waals surface area contributed by atoms with E-state index in [1.54, 1.807) is 0 Å². The van der Waals surface area contributed by atoms with Crippen molar-refractivity contribution in [1.82, 2.24) is 15.0 Å². The second kappa shape index (κ2) is 10.7. The third-order valence-corrected chi connectivity index (χ3v) is 5.23. The van der Waals surface area contributed by atoms with Crippen LogP contribution in [-0.4, -0.2) is 52.4 Å². The molecule has 15 heteroatoms. The van der Waals surface area contributed by atoms with E-state index in [1.165, 1.54) is 36.5 Å². The first kappa shape index (κ1) is 25.1. The van der Waals surface area contributed by atoms with E-state index in [0.29, 0.717) is 31.9 Å². The highest BCUT2D eigenvalue weighted by Crippen LogP contribution is 2.31. The molecular weight excluding hydrogens is 505 g/mol. The fourth-order valence-corrected chi connectivity index (χ4v) is 3.38. The maximum atomic E-state index is 13.1. The first-order valence-corrected chi connectivity index (χ1v) is 10.8. The van der Waals surface area contributed by atoms with Crippen LogP contribution in [0.1, 0.15) is 11.1 Å². The number of morpholine rings is 1. The molecule has 0 spiro atoms. The summed E-state index contributed by atoms with van der Waals surface area (Å²) in [6, 6.07) is 8.78. The number of nitro benzene ring substituents is 1. The summed E-state index contributed by atoms with van der Waals surface area (Å²) in [5.74, 6) is 0.258. The van der Waals surface area contributed by atoms with Crippen LogP contribution in [0.3, 0.4) is 0 Å². The molecule has 0 aliphatic carbocycles. The lowest BCUT2D eigenvalue weighted by atomic mass is 10.2. The molecule has 36 heavy (non-hydrogen) atoms. The van der Waals surface area contributed by atoms with Gasteiger partial charge in [-0.05, 0) is 24.3 Å². The molecule has 1 aromatic heterocycles. The average molecular weight is 523 g/mol. The van der Waals surface area contributed by atoms with Crippen LogP contribution in [0.25, 0.3) is 0 Å². The average Bonchev–Trinajstić information content (AvgIpc) is 2.85. The molecule has 2 N–H and O–H groups in total. The van der Waals surface area contributed by atoms with E-state index in [2.05, 4.69) is 30.8 Å². The van der Waals surface area contributed by atoms with E-state index in [1.807, 2.05) is 4.90 Å². The van der Waals surface area contributed by atoms with Gasteiger partial charge in [-0.1, -0.05) is 23.7 Å². The number of anilines is 4. The van der Waals surface area contributed by atoms with Gasteiger partial charge >= 0.3 is 6.18 Å². The Balaban J connectivity index is 1.59. The number of hydrogen-bond acceptors (Lipinski definition) is 10. The number of nitrogens with zero attached hydrogens (tertiary/aromatic N) is 6. The number of aromatic nitrogens is 3. The molecule has 1 aliphatic heterocycles. The van der Waals surface area contributed by atoms with Crippen LogP contribution in [0.2, 0.25) is 5.02 Å². The smallest absolute Gasteiger partial charge is 0.378 e. The molecule has 3 aromatic rings. The summed E-state index contributed by atoms with van der Waals surface area (Å²) in [7, 11) is 0.